The summed E-state index contributed by atoms with van der Waals surface area (Å²) >= 11 is 5.90. The molecule has 0 heterocycles. The Hall–Kier alpha value is -1.26. The Labute approximate surface area is 118 Å². The number of amides is 1. The Morgan fingerprint density at radius 2 is 2.16 bits per heavy atom. The summed E-state index contributed by atoms with van der Waals surface area (Å²) in [6.07, 6.45) is 1.50. The van der Waals surface area contributed by atoms with E-state index in [2.05, 4.69) is 5.32 Å². The van der Waals surface area contributed by atoms with Crippen molar-refractivity contribution in [3.8, 4) is 5.75 Å². The maximum absolute atomic E-state index is 11.6. The third kappa shape index (κ3) is 5.94. The monoisotopic (exact) mass is 285 g/mol. The molecule has 0 aliphatic rings. The van der Waals surface area contributed by atoms with Gasteiger partial charge in [-0.2, -0.15) is 0 Å². The number of para-hydroxylation sites is 1. The summed E-state index contributed by atoms with van der Waals surface area (Å²) in [5.74, 6) is 0.191. The average Bonchev–Trinajstić information content (AvgIpc) is 2.35. The minimum atomic E-state index is -0.880. The van der Waals surface area contributed by atoms with Crippen molar-refractivity contribution < 1.29 is 14.6 Å². The maximum Gasteiger partial charge on any atom is 0.258 e. The van der Waals surface area contributed by atoms with Crippen molar-refractivity contribution in [1.82, 2.24) is 5.32 Å². The first-order chi connectivity index (χ1) is 8.94. The molecule has 1 rings (SSSR count). The highest BCUT2D eigenvalue weighted by atomic mass is 35.5. The number of hydrogen-bond acceptors (Lipinski definition) is 3. The lowest BCUT2D eigenvalue weighted by atomic mass is 10.0. The second kappa shape index (κ2) is 7.36. The Bertz CT molecular complexity index is 421. The van der Waals surface area contributed by atoms with Crippen molar-refractivity contribution in [3.05, 3.63) is 29.3 Å². The minimum Gasteiger partial charge on any atom is -0.482 e. The van der Waals surface area contributed by atoms with Crippen LogP contribution in [0.15, 0.2) is 24.3 Å². The van der Waals surface area contributed by atoms with Crippen LogP contribution in [0.2, 0.25) is 5.02 Å². The van der Waals surface area contributed by atoms with Gasteiger partial charge < -0.3 is 15.2 Å². The van der Waals surface area contributed by atoms with Crippen LogP contribution in [-0.2, 0) is 4.79 Å². The zero-order valence-corrected chi connectivity index (χ0v) is 12.0. The number of hydrogen-bond donors (Lipinski definition) is 2. The van der Waals surface area contributed by atoms with E-state index in [1.165, 1.54) is 0 Å². The van der Waals surface area contributed by atoms with Gasteiger partial charge >= 0.3 is 0 Å². The topological polar surface area (TPSA) is 58.6 Å². The Kier molecular flexibility index (Phi) is 6.12. The van der Waals surface area contributed by atoms with Gasteiger partial charge in [0.25, 0.3) is 5.91 Å². The highest BCUT2D eigenvalue weighted by Gasteiger charge is 2.19. The third-order valence-electron chi connectivity index (χ3n) is 2.65. The van der Waals surface area contributed by atoms with Gasteiger partial charge in [0, 0.05) is 6.54 Å². The lowest BCUT2D eigenvalue weighted by molar-refractivity contribution is -0.124. The van der Waals surface area contributed by atoms with Crippen LogP contribution in [0, 0.1) is 0 Å². The summed E-state index contributed by atoms with van der Waals surface area (Å²) in [4.78, 5) is 11.6. The van der Waals surface area contributed by atoms with Gasteiger partial charge in [0.1, 0.15) is 5.75 Å². The van der Waals surface area contributed by atoms with Crippen molar-refractivity contribution in [2.45, 2.75) is 32.3 Å². The number of aliphatic hydroxyl groups is 1. The van der Waals surface area contributed by atoms with Crippen LogP contribution in [-0.4, -0.2) is 29.8 Å². The molecule has 0 radical (unpaired) electrons. The fourth-order valence-corrected chi connectivity index (χ4v) is 1.86. The average molecular weight is 286 g/mol. The van der Waals surface area contributed by atoms with Crippen LogP contribution >= 0.6 is 11.6 Å². The number of halogens is 1. The lowest BCUT2D eigenvalue weighted by Crippen LogP contribution is -2.42. The number of carbonyl (C=O) groups excluding carboxylic acids is 1. The summed E-state index contributed by atoms with van der Waals surface area (Å²) < 4.78 is 5.30. The summed E-state index contributed by atoms with van der Waals surface area (Å²) in [7, 11) is 0. The number of ether oxygens (including phenoxy) is 1. The number of carbonyl (C=O) groups is 1. The molecule has 0 aliphatic heterocycles. The van der Waals surface area contributed by atoms with Crippen LogP contribution in [0.25, 0.3) is 0 Å². The largest absolute Gasteiger partial charge is 0.482 e. The van der Waals surface area contributed by atoms with Crippen LogP contribution in [0.4, 0.5) is 0 Å². The quantitative estimate of drug-likeness (QED) is 0.809. The van der Waals surface area contributed by atoms with Crippen molar-refractivity contribution in [3.63, 3.8) is 0 Å². The van der Waals surface area contributed by atoms with Gasteiger partial charge in [0.05, 0.1) is 10.6 Å². The molecule has 19 heavy (non-hydrogen) atoms. The summed E-state index contributed by atoms with van der Waals surface area (Å²) in [5, 5.41) is 13.0. The maximum atomic E-state index is 11.6. The van der Waals surface area contributed by atoms with E-state index in [-0.39, 0.29) is 19.1 Å². The number of rotatable bonds is 7. The molecular weight excluding hydrogens is 266 g/mol. The minimum absolute atomic E-state index is 0.119. The van der Waals surface area contributed by atoms with Crippen molar-refractivity contribution in [1.29, 1.82) is 0 Å². The lowest BCUT2D eigenvalue weighted by Gasteiger charge is -2.22. The van der Waals surface area contributed by atoms with E-state index in [0.29, 0.717) is 17.2 Å². The number of benzene rings is 1. The molecule has 5 heteroatoms. The first kappa shape index (κ1) is 15.8. The second-order valence-corrected chi connectivity index (χ2v) is 5.15. The molecular formula is C14H20ClNO3. The Morgan fingerprint density at radius 1 is 1.47 bits per heavy atom. The van der Waals surface area contributed by atoms with E-state index in [1.54, 1.807) is 31.2 Å². The first-order valence-electron chi connectivity index (χ1n) is 6.31. The van der Waals surface area contributed by atoms with E-state index in [9.17, 15) is 9.90 Å². The SMILES string of the molecule is CCCC(C)(O)CNC(=O)COc1ccccc1Cl. The molecule has 2 N–H and O–H groups in total. The standard InChI is InChI=1S/C14H20ClNO3/c1-3-8-14(2,18)10-16-13(17)9-19-12-7-5-4-6-11(12)15/h4-7,18H,3,8-10H2,1-2H3,(H,16,17). The van der Waals surface area contributed by atoms with Crippen LogP contribution in [0.3, 0.4) is 0 Å². The molecule has 0 aromatic heterocycles. The van der Waals surface area contributed by atoms with Crippen molar-refractivity contribution in [2.24, 2.45) is 0 Å². The summed E-state index contributed by atoms with van der Waals surface area (Å²) in [6, 6.07) is 6.96. The molecule has 1 aromatic carbocycles. The predicted molar refractivity (Wildman–Crippen MR) is 75.5 cm³/mol. The molecule has 0 bridgehead atoms. The normalized spacial score (nSPS) is 13.7. The molecule has 106 valence electrons. The summed E-state index contributed by atoms with van der Waals surface area (Å²) in [5.41, 5.74) is -0.880. The van der Waals surface area contributed by atoms with E-state index >= 15 is 0 Å². The van der Waals surface area contributed by atoms with Gasteiger partial charge in [0.2, 0.25) is 0 Å². The molecule has 1 unspecified atom stereocenters. The fraction of sp³-hybridized carbons (Fsp3) is 0.500. The smallest absolute Gasteiger partial charge is 0.258 e. The molecule has 0 fully saturated rings. The summed E-state index contributed by atoms with van der Waals surface area (Å²) in [6.45, 7) is 3.78. The van der Waals surface area contributed by atoms with Crippen molar-refractivity contribution in [2.75, 3.05) is 13.2 Å². The third-order valence-corrected chi connectivity index (χ3v) is 2.96. The molecule has 0 saturated heterocycles. The van der Waals surface area contributed by atoms with Crippen LogP contribution < -0.4 is 10.1 Å². The molecule has 0 spiro atoms. The Balaban J connectivity index is 2.35. The Morgan fingerprint density at radius 3 is 2.79 bits per heavy atom. The number of nitrogens with one attached hydrogen (secondary N) is 1. The fourth-order valence-electron chi connectivity index (χ4n) is 1.67. The van der Waals surface area contributed by atoms with Gasteiger partial charge in [-0.25, -0.2) is 0 Å². The van der Waals surface area contributed by atoms with E-state index in [1.807, 2.05) is 6.92 Å². The van der Waals surface area contributed by atoms with Gasteiger partial charge in [-0.05, 0) is 25.5 Å². The second-order valence-electron chi connectivity index (χ2n) is 4.74. The molecule has 1 aromatic rings. The van der Waals surface area contributed by atoms with E-state index in [4.69, 9.17) is 16.3 Å². The van der Waals surface area contributed by atoms with Gasteiger partial charge in [-0.15, -0.1) is 0 Å². The van der Waals surface area contributed by atoms with Crippen LogP contribution in [0.1, 0.15) is 26.7 Å². The van der Waals surface area contributed by atoms with E-state index < -0.39 is 5.60 Å². The predicted octanol–water partition coefficient (Wildman–Crippen LogP) is 2.39. The molecule has 1 amide bonds. The van der Waals surface area contributed by atoms with Crippen molar-refractivity contribution >= 4 is 17.5 Å². The van der Waals surface area contributed by atoms with Gasteiger partial charge in [0.15, 0.2) is 6.61 Å². The first-order valence-corrected chi connectivity index (χ1v) is 6.69. The molecule has 4 nitrogen and oxygen atoms in total. The van der Waals surface area contributed by atoms with E-state index in [0.717, 1.165) is 6.42 Å². The van der Waals surface area contributed by atoms with Gasteiger partial charge in [-0.1, -0.05) is 37.1 Å². The highest BCUT2D eigenvalue weighted by molar-refractivity contribution is 6.32. The molecule has 1 atom stereocenters. The van der Waals surface area contributed by atoms with Gasteiger partial charge in [-0.3, -0.25) is 4.79 Å². The molecule has 0 saturated carbocycles. The zero-order valence-electron chi connectivity index (χ0n) is 11.3. The molecule has 0 aliphatic carbocycles. The highest BCUT2D eigenvalue weighted by Crippen LogP contribution is 2.22. The van der Waals surface area contributed by atoms with Crippen LogP contribution in [0.5, 0.6) is 5.75 Å². The zero-order chi connectivity index (χ0) is 14.3.